The van der Waals surface area contributed by atoms with Crippen molar-refractivity contribution in [2.24, 2.45) is 0 Å². The fourth-order valence-corrected chi connectivity index (χ4v) is 2.34. The van der Waals surface area contributed by atoms with Crippen LogP contribution in [0.5, 0.6) is 0 Å². The molecule has 1 aliphatic heterocycles. The maximum absolute atomic E-state index is 4.60. The lowest BCUT2D eigenvalue weighted by Gasteiger charge is -2.31. The van der Waals surface area contributed by atoms with Gasteiger partial charge in [-0.2, -0.15) is 5.10 Å². The number of piperidine rings is 1. The molecule has 1 unspecified atom stereocenters. The average molecular weight is 236 g/mol. The number of hydrogen-bond donors (Lipinski definition) is 1. The summed E-state index contributed by atoms with van der Waals surface area (Å²) < 4.78 is 2.03. The third-order valence-corrected chi connectivity index (χ3v) is 3.50. The van der Waals surface area contributed by atoms with Crippen LogP contribution in [0.2, 0.25) is 0 Å². The van der Waals surface area contributed by atoms with Crippen molar-refractivity contribution in [1.82, 2.24) is 20.0 Å². The molecule has 1 aromatic heterocycles. The molecule has 2 rings (SSSR count). The monoisotopic (exact) mass is 236 g/mol. The van der Waals surface area contributed by atoms with E-state index < -0.39 is 0 Å². The van der Waals surface area contributed by atoms with Crippen LogP contribution in [0.3, 0.4) is 0 Å². The summed E-state index contributed by atoms with van der Waals surface area (Å²) in [6.07, 6.45) is 4.66. The topological polar surface area (TPSA) is 33.1 Å². The van der Waals surface area contributed by atoms with Crippen LogP contribution in [0.1, 0.15) is 38.4 Å². The van der Waals surface area contributed by atoms with Crippen LogP contribution in [0.25, 0.3) is 0 Å². The first-order valence-corrected chi connectivity index (χ1v) is 6.62. The molecule has 1 N–H and O–H groups in total. The molecule has 1 fully saturated rings. The molecule has 96 valence electrons. The summed E-state index contributed by atoms with van der Waals surface area (Å²) in [5, 5.41) is 8.06. The number of nitrogens with zero attached hydrogens (tertiary/aromatic N) is 3. The lowest BCUT2D eigenvalue weighted by Crippen LogP contribution is -2.43. The Bertz CT molecular complexity index is 339. The molecule has 17 heavy (non-hydrogen) atoms. The van der Waals surface area contributed by atoms with Gasteiger partial charge in [0.2, 0.25) is 0 Å². The first kappa shape index (κ1) is 12.6. The van der Waals surface area contributed by atoms with Crippen molar-refractivity contribution in [2.45, 2.75) is 45.3 Å². The van der Waals surface area contributed by atoms with Gasteiger partial charge in [0.15, 0.2) is 0 Å². The standard InChI is InChI=1S/C13H24N4/c1-11(2)17-8-6-12(15-17)10-16(3)13-5-4-7-14-9-13/h6,8,11,13-14H,4-5,7,9-10H2,1-3H3. The van der Waals surface area contributed by atoms with E-state index in [1.807, 2.05) is 4.68 Å². The van der Waals surface area contributed by atoms with Crippen molar-refractivity contribution >= 4 is 0 Å². The molecule has 2 heterocycles. The molecule has 4 nitrogen and oxygen atoms in total. The molecule has 0 saturated carbocycles. The SMILES string of the molecule is CC(C)n1ccc(CN(C)C2CCCNC2)n1. The first-order chi connectivity index (χ1) is 8.16. The van der Waals surface area contributed by atoms with Crippen LogP contribution >= 0.6 is 0 Å². The van der Waals surface area contributed by atoms with Gasteiger partial charge in [-0.05, 0) is 46.3 Å². The summed E-state index contributed by atoms with van der Waals surface area (Å²) in [5.74, 6) is 0. The summed E-state index contributed by atoms with van der Waals surface area (Å²) in [4.78, 5) is 2.42. The largest absolute Gasteiger partial charge is 0.315 e. The van der Waals surface area contributed by atoms with E-state index >= 15 is 0 Å². The van der Waals surface area contributed by atoms with E-state index in [0.717, 1.165) is 13.1 Å². The second-order valence-corrected chi connectivity index (χ2v) is 5.30. The second-order valence-electron chi connectivity index (χ2n) is 5.30. The number of likely N-dealkylation sites (N-methyl/N-ethyl adjacent to an activating group) is 1. The molecule has 0 aliphatic carbocycles. The summed E-state index contributed by atoms with van der Waals surface area (Å²) >= 11 is 0. The van der Waals surface area contributed by atoms with Gasteiger partial charge in [0.1, 0.15) is 0 Å². The Morgan fingerprint density at radius 1 is 1.59 bits per heavy atom. The maximum atomic E-state index is 4.60. The van der Waals surface area contributed by atoms with Gasteiger partial charge in [0, 0.05) is 31.4 Å². The highest BCUT2D eigenvalue weighted by molar-refractivity contribution is 5.00. The third kappa shape index (κ3) is 3.30. The lowest BCUT2D eigenvalue weighted by molar-refractivity contribution is 0.193. The van der Waals surface area contributed by atoms with E-state index in [1.165, 1.54) is 25.1 Å². The minimum atomic E-state index is 0.449. The van der Waals surface area contributed by atoms with Gasteiger partial charge in [-0.25, -0.2) is 0 Å². The van der Waals surface area contributed by atoms with E-state index in [1.54, 1.807) is 0 Å². The van der Waals surface area contributed by atoms with Crippen molar-refractivity contribution in [3.05, 3.63) is 18.0 Å². The minimum Gasteiger partial charge on any atom is -0.315 e. The molecule has 0 aromatic carbocycles. The van der Waals surface area contributed by atoms with Gasteiger partial charge in [-0.3, -0.25) is 9.58 Å². The van der Waals surface area contributed by atoms with Crippen molar-refractivity contribution in [2.75, 3.05) is 20.1 Å². The summed E-state index contributed by atoms with van der Waals surface area (Å²) in [7, 11) is 2.20. The van der Waals surface area contributed by atoms with E-state index in [4.69, 9.17) is 0 Å². The molecule has 0 radical (unpaired) electrons. The quantitative estimate of drug-likeness (QED) is 0.863. The van der Waals surface area contributed by atoms with Gasteiger partial charge in [0.25, 0.3) is 0 Å². The molecular weight excluding hydrogens is 212 g/mol. The predicted molar refractivity (Wildman–Crippen MR) is 70.0 cm³/mol. The van der Waals surface area contributed by atoms with E-state index in [9.17, 15) is 0 Å². The fraction of sp³-hybridized carbons (Fsp3) is 0.769. The number of rotatable bonds is 4. The normalized spacial score (nSPS) is 21.4. The lowest BCUT2D eigenvalue weighted by atomic mass is 10.1. The van der Waals surface area contributed by atoms with Gasteiger partial charge >= 0.3 is 0 Å². The zero-order valence-corrected chi connectivity index (χ0v) is 11.2. The molecule has 1 aliphatic rings. The van der Waals surface area contributed by atoms with Gasteiger partial charge in [0.05, 0.1) is 5.69 Å². The molecule has 4 heteroatoms. The highest BCUT2D eigenvalue weighted by Gasteiger charge is 2.18. The molecule has 1 saturated heterocycles. The highest BCUT2D eigenvalue weighted by Crippen LogP contribution is 2.12. The van der Waals surface area contributed by atoms with Crippen LogP contribution in [-0.4, -0.2) is 40.9 Å². The Kier molecular flexibility index (Phi) is 4.18. The van der Waals surface area contributed by atoms with Gasteiger partial charge in [-0.1, -0.05) is 0 Å². The zero-order valence-electron chi connectivity index (χ0n) is 11.2. The highest BCUT2D eigenvalue weighted by atomic mass is 15.3. The Morgan fingerprint density at radius 2 is 2.41 bits per heavy atom. The number of aromatic nitrogens is 2. The Hall–Kier alpha value is -0.870. The Balaban J connectivity index is 1.90. The van der Waals surface area contributed by atoms with Gasteiger partial charge in [-0.15, -0.1) is 0 Å². The second kappa shape index (κ2) is 5.65. The summed E-state index contributed by atoms with van der Waals surface area (Å²) in [6, 6.07) is 3.24. The predicted octanol–water partition coefficient (Wildman–Crippen LogP) is 1.65. The molecule has 1 atom stereocenters. The van der Waals surface area contributed by atoms with Crippen LogP contribution in [-0.2, 0) is 6.54 Å². The van der Waals surface area contributed by atoms with Crippen molar-refractivity contribution < 1.29 is 0 Å². The Morgan fingerprint density at radius 3 is 3.00 bits per heavy atom. The first-order valence-electron chi connectivity index (χ1n) is 6.62. The maximum Gasteiger partial charge on any atom is 0.0764 e. The zero-order chi connectivity index (χ0) is 12.3. The van der Waals surface area contributed by atoms with E-state index in [-0.39, 0.29) is 0 Å². The molecule has 0 bridgehead atoms. The summed E-state index contributed by atoms with van der Waals surface area (Å²) in [5.41, 5.74) is 1.17. The van der Waals surface area contributed by atoms with Crippen LogP contribution in [0.4, 0.5) is 0 Å². The number of hydrogen-bond acceptors (Lipinski definition) is 3. The van der Waals surface area contributed by atoms with Gasteiger partial charge < -0.3 is 5.32 Å². The molecule has 1 aromatic rings. The minimum absolute atomic E-state index is 0.449. The molecule has 0 amide bonds. The molecular formula is C13H24N4. The number of nitrogens with one attached hydrogen (secondary N) is 1. The fourth-order valence-electron chi connectivity index (χ4n) is 2.34. The van der Waals surface area contributed by atoms with Crippen molar-refractivity contribution in [3.8, 4) is 0 Å². The average Bonchev–Trinajstić information content (AvgIpc) is 2.79. The van der Waals surface area contributed by atoms with Crippen molar-refractivity contribution in [1.29, 1.82) is 0 Å². The van der Waals surface area contributed by atoms with Crippen LogP contribution < -0.4 is 5.32 Å². The van der Waals surface area contributed by atoms with Crippen LogP contribution in [0, 0.1) is 0 Å². The van der Waals surface area contributed by atoms with Crippen LogP contribution in [0.15, 0.2) is 12.3 Å². The summed E-state index contributed by atoms with van der Waals surface area (Å²) in [6.45, 7) is 7.55. The van der Waals surface area contributed by atoms with E-state index in [2.05, 4.69) is 48.5 Å². The third-order valence-electron chi connectivity index (χ3n) is 3.50. The molecule has 0 spiro atoms. The van der Waals surface area contributed by atoms with E-state index in [0.29, 0.717) is 12.1 Å². The van der Waals surface area contributed by atoms with Crippen molar-refractivity contribution in [3.63, 3.8) is 0 Å². The smallest absolute Gasteiger partial charge is 0.0764 e. The Labute approximate surface area is 104 Å².